The summed E-state index contributed by atoms with van der Waals surface area (Å²) >= 11 is 0. The van der Waals surface area contributed by atoms with Crippen LogP contribution in [0.15, 0.2) is 24.3 Å². The van der Waals surface area contributed by atoms with Crippen LogP contribution < -0.4 is 0 Å². The van der Waals surface area contributed by atoms with Crippen molar-refractivity contribution in [2.45, 2.75) is 33.2 Å². The van der Waals surface area contributed by atoms with Crippen LogP contribution in [0.4, 0.5) is 18.9 Å². The van der Waals surface area contributed by atoms with E-state index in [4.69, 9.17) is 0 Å². The number of hydrogen-bond acceptors (Lipinski definition) is 4. The zero-order valence-electron chi connectivity index (χ0n) is 13.5. The highest BCUT2D eigenvalue weighted by molar-refractivity contribution is 5.39. The Bertz CT molecular complexity index is 738. The van der Waals surface area contributed by atoms with Gasteiger partial charge in [0.25, 0.3) is 0 Å². The van der Waals surface area contributed by atoms with Crippen LogP contribution >= 0.6 is 0 Å². The van der Waals surface area contributed by atoms with Crippen LogP contribution in [0.1, 0.15) is 22.5 Å². The first-order valence-electron chi connectivity index (χ1n) is 7.12. The second kappa shape index (κ2) is 6.60. The second-order valence-corrected chi connectivity index (χ2v) is 5.63. The van der Waals surface area contributed by atoms with Gasteiger partial charge in [0.05, 0.1) is 17.2 Å². The quantitative estimate of drug-likeness (QED) is 0.616. The Hall–Kier alpha value is -2.42. The number of rotatable bonds is 5. The molecule has 24 heavy (non-hydrogen) atoms. The summed E-state index contributed by atoms with van der Waals surface area (Å²) in [6.07, 6.45) is -4.35. The molecule has 1 aromatic heterocycles. The molecular formula is C15H17F3N4O2. The smallest absolute Gasteiger partial charge is 0.283 e. The third-order valence-corrected chi connectivity index (χ3v) is 3.63. The monoisotopic (exact) mass is 342 g/mol. The molecule has 0 unspecified atom stereocenters. The van der Waals surface area contributed by atoms with Gasteiger partial charge >= 0.3 is 11.9 Å². The Morgan fingerprint density at radius 2 is 1.83 bits per heavy atom. The predicted octanol–water partition coefficient (Wildman–Crippen LogP) is 3.52. The number of hydrogen-bond donors (Lipinski definition) is 0. The molecule has 0 amide bonds. The summed E-state index contributed by atoms with van der Waals surface area (Å²) in [6, 6.07) is 4.92. The second-order valence-electron chi connectivity index (χ2n) is 5.63. The number of alkyl halides is 3. The van der Waals surface area contributed by atoms with Gasteiger partial charge in [-0.1, -0.05) is 12.1 Å². The van der Waals surface area contributed by atoms with E-state index in [1.54, 1.807) is 20.9 Å². The molecule has 0 aliphatic carbocycles. The molecule has 0 fully saturated rings. The van der Waals surface area contributed by atoms with E-state index in [0.29, 0.717) is 30.2 Å². The van der Waals surface area contributed by atoms with E-state index >= 15 is 0 Å². The number of halogens is 3. The first-order chi connectivity index (χ1) is 11.1. The van der Waals surface area contributed by atoms with E-state index in [2.05, 4.69) is 5.10 Å². The fourth-order valence-electron chi connectivity index (χ4n) is 2.48. The lowest BCUT2D eigenvalue weighted by atomic mass is 10.1. The fourth-order valence-corrected chi connectivity index (χ4v) is 2.48. The number of benzene rings is 1. The van der Waals surface area contributed by atoms with Crippen molar-refractivity contribution in [1.29, 1.82) is 0 Å². The van der Waals surface area contributed by atoms with Crippen molar-refractivity contribution in [3.63, 3.8) is 0 Å². The molecular weight excluding hydrogens is 325 g/mol. The Labute approximate surface area is 136 Å². The molecule has 1 heterocycles. The first kappa shape index (κ1) is 17.9. The highest BCUT2D eigenvalue weighted by Gasteiger charge is 2.30. The van der Waals surface area contributed by atoms with E-state index in [0.717, 1.165) is 12.1 Å². The molecule has 130 valence electrons. The number of nitro groups is 1. The van der Waals surface area contributed by atoms with E-state index in [-0.39, 0.29) is 5.69 Å². The van der Waals surface area contributed by atoms with Crippen molar-refractivity contribution in [3.8, 4) is 0 Å². The van der Waals surface area contributed by atoms with E-state index in [1.165, 1.54) is 16.8 Å². The minimum Gasteiger partial charge on any atom is -0.283 e. The topological polar surface area (TPSA) is 64.2 Å². The Kier molecular flexibility index (Phi) is 4.93. The summed E-state index contributed by atoms with van der Waals surface area (Å²) in [7, 11) is 1.76. The summed E-state index contributed by atoms with van der Waals surface area (Å²) in [6.45, 7) is 3.87. The van der Waals surface area contributed by atoms with E-state index in [9.17, 15) is 23.3 Å². The summed E-state index contributed by atoms with van der Waals surface area (Å²) in [5.74, 6) is 0. The molecule has 0 N–H and O–H groups in total. The highest BCUT2D eigenvalue weighted by Crippen LogP contribution is 2.29. The summed E-state index contributed by atoms with van der Waals surface area (Å²) in [4.78, 5) is 12.3. The maximum atomic E-state index is 12.5. The van der Waals surface area contributed by atoms with Crippen LogP contribution in [-0.4, -0.2) is 26.7 Å². The molecule has 0 aliphatic rings. The minimum absolute atomic E-state index is 0.0158. The largest absolute Gasteiger partial charge is 0.416 e. The van der Waals surface area contributed by atoms with Crippen molar-refractivity contribution in [1.82, 2.24) is 14.7 Å². The zero-order valence-corrected chi connectivity index (χ0v) is 13.5. The van der Waals surface area contributed by atoms with Gasteiger partial charge in [-0.3, -0.25) is 15.0 Å². The minimum atomic E-state index is -4.35. The number of nitrogens with zero attached hydrogens (tertiary/aromatic N) is 4. The fraction of sp³-hybridized carbons (Fsp3) is 0.400. The average molecular weight is 342 g/mol. The third-order valence-electron chi connectivity index (χ3n) is 3.63. The van der Waals surface area contributed by atoms with Crippen molar-refractivity contribution in [2.24, 2.45) is 0 Å². The van der Waals surface area contributed by atoms with Gasteiger partial charge in [-0.2, -0.15) is 18.3 Å². The van der Waals surface area contributed by atoms with Crippen molar-refractivity contribution in [2.75, 3.05) is 7.05 Å². The van der Waals surface area contributed by atoms with E-state index < -0.39 is 16.7 Å². The molecule has 0 radical (unpaired) electrons. The molecule has 1 aromatic carbocycles. The van der Waals surface area contributed by atoms with Gasteiger partial charge in [0.2, 0.25) is 0 Å². The van der Waals surface area contributed by atoms with Gasteiger partial charge in [0.15, 0.2) is 0 Å². The predicted molar refractivity (Wildman–Crippen MR) is 81.3 cm³/mol. The summed E-state index contributed by atoms with van der Waals surface area (Å²) < 4.78 is 39.1. The van der Waals surface area contributed by atoms with Gasteiger partial charge in [-0.15, -0.1) is 0 Å². The van der Waals surface area contributed by atoms with Gasteiger partial charge in [-0.25, -0.2) is 4.68 Å². The van der Waals surface area contributed by atoms with E-state index in [1.807, 2.05) is 4.90 Å². The lowest BCUT2D eigenvalue weighted by molar-refractivity contribution is -0.386. The molecule has 0 bridgehead atoms. The maximum absolute atomic E-state index is 12.5. The lowest BCUT2D eigenvalue weighted by Crippen LogP contribution is -2.23. The molecule has 0 spiro atoms. The van der Waals surface area contributed by atoms with Crippen LogP contribution in [0.3, 0.4) is 0 Å². The highest BCUT2D eigenvalue weighted by atomic mass is 19.4. The normalized spacial score (nSPS) is 12.0. The van der Waals surface area contributed by atoms with Gasteiger partial charge in [-0.05, 0) is 38.6 Å². The van der Waals surface area contributed by atoms with Crippen LogP contribution in [-0.2, 0) is 19.4 Å². The Morgan fingerprint density at radius 3 is 2.29 bits per heavy atom. The standard InChI is InChI=1S/C15H17F3N4O2/c1-10-14(22(23)24)11(2)21(19-10)9-20(3)8-12-4-6-13(7-5-12)15(16,17)18/h4-7H,8-9H2,1-3H3. The SMILES string of the molecule is Cc1nn(CN(C)Cc2ccc(C(F)(F)F)cc2)c(C)c1[N+](=O)[O-]. The molecule has 6 nitrogen and oxygen atoms in total. The van der Waals surface area contributed by atoms with Crippen LogP contribution in [0.25, 0.3) is 0 Å². The number of aromatic nitrogens is 2. The van der Waals surface area contributed by atoms with Crippen LogP contribution in [0.5, 0.6) is 0 Å². The molecule has 2 rings (SSSR count). The van der Waals surface area contributed by atoms with Gasteiger partial charge < -0.3 is 0 Å². The zero-order chi connectivity index (χ0) is 18.1. The number of aryl methyl sites for hydroxylation is 1. The van der Waals surface area contributed by atoms with Crippen LogP contribution in [0, 0.1) is 24.0 Å². The summed E-state index contributed by atoms with van der Waals surface area (Å²) in [5, 5.41) is 15.1. The van der Waals surface area contributed by atoms with Crippen molar-refractivity contribution < 1.29 is 18.1 Å². The Balaban J connectivity index is 2.07. The maximum Gasteiger partial charge on any atom is 0.416 e. The first-order valence-corrected chi connectivity index (χ1v) is 7.12. The molecule has 0 atom stereocenters. The molecule has 0 saturated carbocycles. The average Bonchev–Trinajstić information content (AvgIpc) is 2.72. The van der Waals surface area contributed by atoms with Gasteiger partial charge in [0.1, 0.15) is 11.4 Å². The summed E-state index contributed by atoms with van der Waals surface area (Å²) in [5.41, 5.74) is 0.778. The Morgan fingerprint density at radius 1 is 1.25 bits per heavy atom. The van der Waals surface area contributed by atoms with Gasteiger partial charge in [0, 0.05) is 6.54 Å². The van der Waals surface area contributed by atoms with Crippen molar-refractivity contribution in [3.05, 3.63) is 56.9 Å². The van der Waals surface area contributed by atoms with Crippen molar-refractivity contribution >= 4 is 5.69 Å². The molecule has 2 aromatic rings. The molecule has 0 saturated heterocycles. The third kappa shape index (κ3) is 3.91. The van der Waals surface area contributed by atoms with Crippen LogP contribution in [0.2, 0.25) is 0 Å². The molecule has 0 aliphatic heterocycles. The lowest BCUT2D eigenvalue weighted by Gasteiger charge is -2.18. The molecule has 9 heteroatoms.